The largest absolute Gasteiger partial charge is 0.479 e. The summed E-state index contributed by atoms with van der Waals surface area (Å²) >= 11 is 0.565. The van der Waals surface area contributed by atoms with Crippen molar-refractivity contribution in [1.82, 2.24) is 0 Å². The van der Waals surface area contributed by atoms with Crippen molar-refractivity contribution in [1.29, 1.82) is 0 Å². The number of esters is 1. The number of thioether (sulfide) groups is 1. The lowest BCUT2D eigenvalue weighted by atomic mass is 9.74. The molecule has 3 rings (SSSR count). The van der Waals surface area contributed by atoms with Crippen LogP contribution in [0.2, 0.25) is 0 Å². The fraction of sp³-hybridized carbons (Fsp3) is 0.552. The predicted octanol–water partition coefficient (Wildman–Crippen LogP) is 1.99. The molecule has 15 heteroatoms. The summed E-state index contributed by atoms with van der Waals surface area (Å²) in [6.07, 6.45) is -8.77. The van der Waals surface area contributed by atoms with Gasteiger partial charge in [0.25, 0.3) is 5.60 Å². The number of aliphatic carboxylic acids is 3. The smallest absolute Gasteiger partial charge is 0.368 e. The van der Waals surface area contributed by atoms with E-state index in [9.17, 15) is 49.5 Å². The average Bonchev–Trinajstić information content (AvgIpc) is 3.14. The fourth-order valence-electron chi connectivity index (χ4n) is 5.62. The van der Waals surface area contributed by atoms with Gasteiger partial charge in [0, 0.05) is 24.5 Å². The number of ether oxygens (including phenoxy) is 4. The lowest BCUT2D eigenvalue weighted by Gasteiger charge is -2.48. The van der Waals surface area contributed by atoms with Crippen LogP contribution >= 0.6 is 11.8 Å². The first-order valence-corrected chi connectivity index (χ1v) is 14.5. The number of rotatable bonds is 13. The van der Waals surface area contributed by atoms with E-state index in [-0.39, 0.29) is 17.9 Å². The van der Waals surface area contributed by atoms with E-state index in [2.05, 4.69) is 6.58 Å². The first-order valence-electron chi connectivity index (χ1n) is 13.7. The molecule has 5 N–H and O–H groups in total. The molecule has 2 aliphatic rings. The first-order chi connectivity index (χ1) is 20.4. The number of carbonyl (C=O) groups is 5. The zero-order chi connectivity index (χ0) is 33.2. The predicted molar refractivity (Wildman–Crippen MR) is 152 cm³/mol. The van der Waals surface area contributed by atoms with Gasteiger partial charge in [-0.15, -0.1) is 0 Å². The van der Waals surface area contributed by atoms with Crippen molar-refractivity contribution in [2.24, 2.45) is 5.92 Å². The van der Waals surface area contributed by atoms with E-state index in [1.165, 1.54) is 6.92 Å². The van der Waals surface area contributed by atoms with E-state index in [0.717, 1.165) is 5.56 Å². The van der Waals surface area contributed by atoms with Crippen molar-refractivity contribution in [2.45, 2.75) is 93.6 Å². The molecule has 2 heterocycles. The van der Waals surface area contributed by atoms with E-state index in [4.69, 9.17) is 18.9 Å². The summed E-state index contributed by atoms with van der Waals surface area (Å²) in [5.74, 6) is -10.3. The highest BCUT2D eigenvalue weighted by atomic mass is 32.2. The van der Waals surface area contributed by atoms with Crippen LogP contribution in [-0.4, -0.2) is 101 Å². The van der Waals surface area contributed by atoms with Gasteiger partial charge in [0.1, 0.15) is 12.2 Å². The minimum absolute atomic E-state index is 0.233. The maximum Gasteiger partial charge on any atom is 0.368 e. The molecule has 2 bridgehead atoms. The summed E-state index contributed by atoms with van der Waals surface area (Å²) in [5.41, 5.74) is -6.22. The van der Waals surface area contributed by atoms with Crippen LogP contribution in [-0.2, 0) is 44.5 Å². The Morgan fingerprint density at radius 2 is 1.66 bits per heavy atom. The molecule has 0 aromatic heterocycles. The molecule has 14 nitrogen and oxygen atoms in total. The molecule has 1 aromatic rings. The van der Waals surface area contributed by atoms with Crippen LogP contribution in [0.15, 0.2) is 42.5 Å². The van der Waals surface area contributed by atoms with Gasteiger partial charge in [-0.1, -0.05) is 57.7 Å². The zero-order valence-corrected chi connectivity index (χ0v) is 25.3. The summed E-state index contributed by atoms with van der Waals surface area (Å²) in [4.78, 5) is 62.0. The van der Waals surface area contributed by atoms with Crippen LogP contribution in [0.1, 0.15) is 46.1 Å². The van der Waals surface area contributed by atoms with Crippen molar-refractivity contribution < 1.29 is 68.5 Å². The third-order valence-corrected chi connectivity index (χ3v) is 8.33. The average molecular weight is 641 g/mol. The SMILES string of the molecule is C=C(CC[C@@]12O[C@H](C(=O)O)[C@@](O)(C(=O)O)[C@@](C(=O)O)(O1)[C@H](OC(=O)SC(C)C)[C@H]2O)C(OC(C)=O)C(C)Cc1ccccc1. The summed E-state index contributed by atoms with van der Waals surface area (Å²) in [6.45, 7) is 10.2. The first kappa shape index (κ1) is 35.0. The van der Waals surface area contributed by atoms with Gasteiger partial charge in [-0.3, -0.25) is 4.79 Å². The molecule has 2 unspecified atom stereocenters. The molecule has 44 heavy (non-hydrogen) atoms. The second-order valence-electron chi connectivity index (χ2n) is 11.1. The number of carboxylic acid groups (broad SMARTS) is 3. The minimum Gasteiger partial charge on any atom is -0.479 e. The Labute approximate surface area is 256 Å². The lowest BCUT2D eigenvalue weighted by Crippen LogP contribution is -2.78. The maximum atomic E-state index is 12.8. The van der Waals surface area contributed by atoms with E-state index in [0.29, 0.717) is 18.2 Å². The normalized spacial score (nSPS) is 30.7. The molecule has 242 valence electrons. The number of hydrogen-bond donors (Lipinski definition) is 5. The van der Waals surface area contributed by atoms with E-state index >= 15 is 0 Å². The molecule has 2 aliphatic heterocycles. The van der Waals surface area contributed by atoms with E-state index < -0.39 is 82.3 Å². The summed E-state index contributed by atoms with van der Waals surface area (Å²) in [7, 11) is 0. The van der Waals surface area contributed by atoms with Crippen LogP contribution in [0, 0.1) is 5.92 Å². The molecule has 0 amide bonds. The summed E-state index contributed by atoms with van der Waals surface area (Å²) in [6, 6.07) is 9.27. The molecule has 0 aliphatic carbocycles. The maximum absolute atomic E-state index is 12.8. The van der Waals surface area contributed by atoms with Crippen LogP contribution in [0.25, 0.3) is 0 Å². The van der Waals surface area contributed by atoms with Crippen LogP contribution < -0.4 is 0 Å². The van der Waals surface area contributed by atoms with Crippen LogP contribution in [0.5, 0.6) is 0 Å². The molecule has 1 aromatic carbocycles. The second-order valence-corrected chi connectivity index (χ2v) is 12.6. The molecular weight excluding hydrogens is 604 g/mol. The number of aliphatic hydroxyl groups excluding tert-OH is 1. The van der Waals surface area contributed by atoms with Crippen molar-refractivity contribution in [2.75, 3.05) is 0 Å². The highest BCUT2D eigenvalue weighted by Crippen LogP contribution is 2.56. The molecule has 2 saturated heterocycles. The number of benzene rings is 1. The number of hydrogen-bond acceptors (Lipinski definition) is 12. The van der Waals surface area contributed by atoms with E-state index in [1.54, 1.807) is 20.8 Å². The van der Waals surface area contributed by atoms with Crippen molar-refractivity contribution in [3.05, 3.63) is 48.0 Å². The Kier molecular flexibility index (Phi) is 10.5. The zero-order valence-electron chi connectivity index (χ0n) is 24.5. The number of fused-ring (bicyclic) bond motifs is 2. The lowest BCUT2D eigenvalue weighted by molar-refractivity contribution is -0.373. The number of carboxylic acids is 3. The summed E-state index contributed by atoms with van der Waals surface area (Å²) < 4.78 is 21.8. The Bertz CT molecular complexity index is 1300. The highest BCUT2D eigenvalue weighted by Gasteiger charge is 2.85. The second kappa shape index (κ2) is 13.2. The van der Waals surface area contributed by atoms with Crippen molar-refractivity contribution in [3.63, 3.8) is 0 Å². The Balaban J connectivity index is 2.03. The highest BCUT2D eigenvalue weighted by molar-refractivity contribution is 8.13. The van der Waals surface area contributed by atoms with Crippen molar-refractivity contribution >= 4 is 40.9 Å². The molecule has 0 saturated carbocycles. The molecule has 2 fully saturated rings. The molecule has 0 radical (unpaired) electrons. The Morgan fingerprint density at radius 3 is 2.16 bits per heavy atom. The topological polar surface area (TPSA) is 223 Å². The van der Waals surface area contributed by atoms with Gasteiger partial charge in [-0.2, -0.15) is 0 Å². The number of carbonyl (C=O) groups excluding carboxylic acids is 2. The Morgan fingerprint density at radius 1 is 1.05 bits per heavy atom. The van der Waals surface area contributed by atoms with E-state index in [1.807, 2.05) is 30.3 Å². The minimum atomic E-state index is -3.87. The quantitative estimate of drug-likeness (QED) is 0.154. The monoisotopic (exact) mass is 640 g/mol. The van der Waals surface area contributed by atoms with Gasteiger partial charge in [-0.25, -0.2) is 19.2 Å². The fourth-order valence-corrected chi connectivity index (χ4v) is 6.16. The van der Waals surface area contributed by atoms with Gasteiger partial charge < -0.3 is 44.5 Å². The molecular formula is C29H36O14S. The standard InChI is InChI=1S/C29H36O14S/c1-14(2)44-26(38)41-21-20(31)27(42-22(23(32)33)28(39,24(34)35)29(21,43-27)25(36)37)12-11-15(3)19(40-17(5)30)16(4)13-18-9-7-6-8-10-18/h6-10,14,16,19-22,31,39H,3,11-13H2,1-2,4-5H3,(H,32,33)(H,34,35)(H,36,37)/t16?,19?,20-,21-,22-,27-,28-,29-/m1/s1. The van der Waals surface area contributed by atoms with Crippen LogP contribution in [0.3, 0.4) is 0 Å². The molecule has 8 atom stereocenters. The van der Waals surface area contributed by atoms with Gasteiger partial charge in [0.05, 0.1) is 0 Å². The van der Waals surface area contributed by atoms with Gasteiger partial charge in [-0.05, 0) is 35.7 Å². The Hall–Kier alpha value is -3.50. The third kappa shape index (κ3) is 6.33. The molecule has 0 spiro atoms. The van der Waals surface area contributed by atoms with Gasteiger partial charge >= 0.3 is 29.2 Å². The summed E-state index contributed by atoms with van der Waals surface area (Å²) in [5, 5.41) is 51.3. The van der Waals surface area contributed by atoms with Gasteiger partial charge in [0.2, 0.25) is 17.5 Å². The number of aliphatic hydroxyl groups is 2. The van der Waals surface area contributed by atoms with Crippen molar-refractivity contribution in [3.8, 4) is 0 Å². The van der Waals surface area contributed by atoms with Crippen LogP contribution in [0.4, 0.5) is 4.79 Å². The third-order valence-electron chi connectivity index (χ3n) is 7.57. The van der Waals surface area contributed by atoms with Gasteiger partial charge in [0.15, 0.2) is 6.10 Å².